The van der Waals surface area contributed by atoms with E-state index in [1.807, 2.05) is 6.07 Å². The maximum atomic E-state index is 11.5. The largest absolute Gasteiger partial charge is 0.504 e. The van der Waals surface area contributed by atoms with Crippen molar-refractivity contribution in [2.75, 3.05) is 13.7 Å². The molecule has 0 bridgehead atoms. The summed E-state index contributed by atoms with van der Waals surface area (Å²) in [6.07, 6.45) is 2.16. The first-order valence-corrected chi connectivity index (χ1v) is 6.32. The van der Waals surface area contributed by atoms with E-state index < -0.39 is 0 Å². The Balaban J connectivity index is 1.93. The number of phenols is 1. The zero-order valence-electron chi connectivity index (χ0n) is 10.5. The van der Waals surface area contributed by atoms with Crippen LogP contribution in [0.5, 0.6) is 11.5 Å². The van der Waals surface area contributed by atoms with Crippen LogP contribution in [-0.2, 0) is 17.8 Å². The molecule has 2 heterocycles. The molecule has 1 saturated heterocycles. The molecular formula is C14H17NO3. The van der Waals surface area contributed by atoms with Crippen LogP contribution in [0, 0.1) is 0 Å². The van der Waals surface area contributed by atoms with Gasteiger partial charge in [0.15, 0.2) is 11.5 Å². The van der Waals surface area contributed by atoms with Crippen LogP contribution >= 0.6 is 0 Å². The van der Waals surface area contributed by atoms with Gasteiger partial charge >= 0.3 is 0 Å². The number of aromatic hydroxyl groups is 1. The number of ketones is 1. The van der Waals surface area contributed by atoms with Crippen molar-refractivity contribution >= 4 is 5.78 Å². The SMILES string of the molecule is COc1cc2c(cc1O)C[C@@H]1CC(=O)CCN1C2. The van der Waals surface area contributed by atoms with Crippen molar-refractivity contribution in [1.29, 1.82) is 0 Å². The highest BCUT2D eigenvalue weighted by Crippen LogP contribution is 2.35. The normalized spacial score (nSPS) is 23.4. The van der Waals surface area contributed by atoms with Crippen molar-refractivity contribution in [2.45, 2.75) is 31.8 Å². The summed E-state index contributed by atoms with van der Waals surface area (Å²) in [7, 11) is 1.56. The van der Waals surface area contributed by atoms with Gasteiger partial charge in [0.05, 0.1) is 7.11 Å². The number of ether oxygens (including phenoxy) is 1. The van der Waals surface area contributed by atoms with Gasteiger partial charge in [0.1, 0.15) is 5.78 Å². The van der Waals surface area contributed by atoms with Gasteiger partial charge in [-0.05, 0) is 29.7 Å². The van der Waals surface area contributed by atoms with Crippen LogP contribution in [0.3, 0.4) is 0 Å². The summed E-state index contributed by atoms with van der Waals surface area (Å²) in [6, 6.07) is 4.01. The molecule has 2 aliphatic rings. The number of phenolic OH excluding ortho intramolecular Hbond substituents is 1. The van der Waals surface area contributed by atoms with Gasteiger partial charge in [0.25, 0.3) is 0 Å². The highest BCUT2D eigenvalue weighted by Gasteiger charge is 2.32. The van der Waals surface area contributed by atoms with Gasteiger partial charge < -0.3 is 9.84 Å². The van der Waals surface area contributed by atoms with Gasteiger partial charge in [0, 0.05) is 32.0 Å². The monoisotopic (exact) mass is 247 g/mol. The number of carbonyl (C=O) groups excluding carboxylic acids is 1. The van der Waals surface area contributed by atoms with Gasteiger partial charge in [-0.2, -0.15) is 0 Å². The van der Waals surface area contributed by atoms with E-state index in [9.17, 15) is 9.90 Å². The molecule has 3 rings (SSSR count). The van der Waals surface area contributed by atoms with E-state index >= 15 is 0 Å². The van der Waals surface area contributed by atoms with Gasteiger partial charge in [-0.1, -0.05) is 0 Å². The minimum atomic E-state index is 0.187. The van der Waals surface area contributed by atoms with E-state index in [-0.39, 0.29) is 5.75 Å². The minimum Gasteiger partial charge on any atom is -0.504 e. The third-order valence-corrected chi connectivity index (χ3v) is 3.99. The molecule has 1 fully saturated rings. The van der Waals surface area contributed by atoms with Crippen LogP contribution in [0.15, 0.2) is 12.1 Å². The van der Waals surface area contributed by atoms with Crippen molar-refractivity contribution in [1.82, 2.24) is 4.90 Å². The first kappa shape index (κ1) is 11.5. The van der Waals surface area contributed by atoms with Crippen LogP contribution in [0.4, 0.5) is 0 Å². The second-order valence-corrected chi connectivity index (χ2v) is 5.11. The van der Waals surface area contributed by atoms with E-state index in [2.05, 4.69) is 4.90 Å². The Bertz CT molecular complexity index is 498. The number of Topliss-reactive ketones (excluding diaryl/α,β-unsaturated/α-hetero) is 1. The summed E-state index contributed by atoms with van der Waals surface area (Å²) < 4.78 is 5.14. The summed E-state index contributed by atoms with van der Waals surface area (Å²) in [4.78, 5) is 13.9. The number of piperidine rings is 1. The number of methoxy groups -OCH3 is 1. The predicted octanol–water partition coefficient (Wildman–Crippen LogP) is 1.49. The highest BCUT2D eigenvalue weighted by atomic mass is 16.5. The summed E-state index contributed by atoms with van der Waals surface area (Å²) in [5, 5.41) is 9.81. The van der Waals surface area contributed by atoms with E-state index in [4.69, 9.17) is 4.74 Å². The molecule has 0 radical (unpaired) electrons. The second kappa shape index (κ2) is 4.28. The molecule has 1 aromatic carbocycles. The highest BCUT2D eigenvalue weighted by molar-refractivity contribution is 5.80. The van der Waals surface area contributed by atoms with E-state index in [0.717, 1.165) is 25.1 Å². The van der Waals surface area contributed by atoms with Crippen molar-refractivity contribution in [3.8, 4) is 11.5 Å². The number of hydrogen-bond donors (Lipinski definition) is 1. The second-order valence-electron chi connectivity index (χ2n) is 5.11. The average Bonchev–Trinajstić information content (AvgIpc) is 2.35. The quantitative estimate of drug-likeness (QED) is 0.817. The number of benzene rings is 1. The fourth-order valence-corrected chi connectivity index (χ4v) is 2.98. The molecule has 0 saturated carbocycles. The van der Waals surface area contributed by atoms with Crippen LogP contribution in [0.25, 0.3) is 0 Å². The third kappa shape index (κ3) is 1.86. The van der Waals surface area contributed by atoms with E-state index in [1.54, 1.807) is 13.2 Å². The average molecular weight is 247 g/mol. The lowest BCUT2D eigenvalue weighted by atomic mass is 9.88. The summed E-state index contributed by atoms with van der Waals surface area (Å²) in [5.41, 5.74) is 2.35. The molecular weight excluding hydrogens is 230 g/mol. The first-order valence-electron chi connectivity index (χ1n) is 6.32. The Morgan fingerprint density at radius 1 is 1.33 bits per heavy atom. The van der Waals surface area contributed by atoms with Crippen LogP contribution in [0.2, 0.25) is 0 Å². The molecule has 1 aromatic rings. The fourth-order valence-electron chi connectivity index (χ4n) is 2.98. The topological polar surface area (TPSA) is 49.8 Å². The standard InChI is InChI=1S/C14H17NO3/c1-18-14-6-10-8-15-3-2-12(16)7-11(15)4-9(10)5-13(14)17/h5-6,11,17H,2-4,7-8H2,1H3/t11-/m1/s1. The molecule has 96 valence electrons. The number of hydrogen-bond acceptors (Lipinski definition) is 4. The minimum absolute atomic E-state index is 0.187. The number of carbonyl (C=O) groups is 1. The summed E-state index contributed by atoms with van der Waals surface area (Å²) in [5.74, 6) is 1.07. The Morgan fingerprint density at radius 2 is 2.17 bits per heavy atom. The van der Waals surface area contributed by atoms with Crippen LogP contribution in [0.1, 0.15) is 24.0 Å². The van der Waals surface area contributed by atoms with Crippen molar-refractivity contribution in [3.63, 3.8) is 0 Å². The van der Waals surface area contributed by atoms with Gasteiger partial charge in [-0.3, -0.25) is 9.69 Å². The molecule has 18 heavy (non-hydrogen) atoms. The zero-order chi connectivity index (χ0) is 12.7. The fraction of sp³-hybridized carbons (Fsp3) is 0.500. The molecule has 0 aliphatic carbocycles. The van der Waals surface area contributed by atoms with Crippen molar-refractivity contribution < 1.29 is 14.6 Å². The van der Waals surface area contributed by atoms with Crippen molar-refractivity contribution in [3.05, 3.63) is 23.3 Å². The van der Waals surface area contributed by atoms with Crippen LogP contribution in [-0.4, -0.2) is 35.5 Å². The van der Waals surface area contributed by atoms with Gasteiger partial charge in [0.2, 0.25) is 0 Å². The lowest BCUT2D eigenvalue weighted by Gasteiger charge is -2.39. The summed E-state index contributed by atoms with van der Waals surface area (Å²) >= 11 is 0. The molecule has 1 N–H and O–H groups in total. The third-order valence-electron chi connectivity index (χ3n) is 3.99. The molecule has 2 aliphatic heterocycles. The molecule has 4 heteroatoms. The smallest absolute Gasteiger partial charge is 0.160 e. The number of nitrogens with zero attached hydrogens (tertiary/aromatic N) is 1. The molecule has 4 nitrogen and oxygen atoms in total. The van der Waals surface area contributed by atoms with Crippen LogP contribution < -0.4 is 4.74 Å². The van der Waals surface area contributed by atoms with E-state index in [0.29, 0.717) is 30.4 Å². The van der Waals surface area contributed by atoms with Crippen molar-refractivity contribution in [2.24, 2.45) is 0 Å². The maximum Gasteiger partial charge on any atom is 0.160 e. The Kier molecular flexibility index (Phi) is 2.74. The maximum absolute atomic E-state index is 11.5. The van der Waals surface area contributed by atoms with Gasteiger partial charge in [-0.15, -0.1) is 0 Å². The number of rotatable bonds is 1. The molecule has 0 spiro atoms. The zero-order valence-corrected chi connectivity index (χ0v) is 10.5. The molecule has 0 amide bonds. The first-order chi connectivity index (χ1) is 8.67. The van der Waals surface area contributed by atoms with E-state index in [1.165, 1.54) is 5.56 Å². The van der Waals surface area contributed by atoms with Gasteiger partial charge in [-0.25, -0.2) is 0 Å². The Labute approximate surface area is 106 Å². The predicted molar refractivity (Wildman–Crippen MR) is 66.8 cm³/mol. The summed E-state index contributed by atoms with van der Waals surface area (Å²) in [6.45, 7) is 1.70. The Morgan fingerprint density at radius 3 is 2.94 bits per heavy atom. The number of fused-ring (bicyclic) bond motifs is 2. The Hall–Kier alpha value is -1.55. The molecule has 0 unspecified atom stereocenters. The lowest BCUT2D eigenvalue weighted by molar-refractivity contribution is -0.123. The lowest BCUT2D eigenvalue weighted by Crippen LogP contribution is -2.46. The molecule has 0 aromatic heterocycles. The molecule has 1 atom stereocenters.